The molecular formula is C7H9F3N2O2. The Bertz CT molecular complexity index is 285. The minimum atomic E-state index is -4.32. The van der Waals surface area contributed by atoms with Gasteiger partial charge in [0.1, 0.15) is 6.42 Å². The molecule has 0 fully saturated rings. The van der Waals surface area contributed by atoms with Crippen LogP contribution in [-0.2, 0) is 12.8 Å². The van der Waals surface area contributed by atoms with Crippen molar-refractivity contribution in [3.63, 3.8) is 0 Å². The summed E-state index contributed by atoms with van der Waals surface area (Å²) in [6.45, 7) is -0.0585. The number of aromatic nitrogens is 2. The van der Waals surface area contributed by atoms with Crippen molar-refractivity contribution in [1.82, 2.24) is 10.1 Å². The van der Waals surface area contributed by atoms with Gasteiger partial charge in [0.25, 0.3) is 0 Å². The van der Waals surface area contributed by atoms with Crippen LogP contribution in [0.25, 0.3) is 0 Å². The van der Waals surface area contributed by atoms with Gasteiger partial charge in [0.05, 0.1) is 0 Å². The molecule has 0 aliphatic heterocycles. The summed E-state index contributed by atoms with van der Waals surface area (Å²) < 4.78 is 40.1. The Morgan fingerprint density at radius 3 is 2.64 bits per heavy atom. The Labute approximate surface area is 77.7 Å². The van der Waals surface area contributed by atoms with E-state index in [0.717, 1.165) is 0 Å². The number of halogens is 3. The molecule has 0 amide bonds. The lowest BCUT2D eigenvalue weighted by atomic mass is 10.3. The third kappa shape index (κ3) is 3.73. The molecule has 0 atom stereocenters. The van der Waals surface area contributed by atoms with Gasteiger partial charge in [0.2, 0.25) is 5.89 Å². The van der Waals surface area contributed by atoms with Crippen LogP contribution in [0, 0.1) is 0 Å². The van der Waals surface area contributed by atoms with E-state index in [1.165, 1.54) is 0 Å². The van der Waals surface area contributed by atoms with E-state index in [1.807, 2.05) is 0 Å². The van der Waals surface area contributed by atoms with E-state index in [-0.39, 0.29) is 18.3 Å². The molecule has 7 heteroatoms. The summed E-state index contributed by atoms with van der Waals surface area (Å²) in [5.74, 6) is -0.247. The lowest BCUT2D eigenvalue weighted by Gasteiger charge is -1.99. The first kappa shape index (κ1) is 11.0. The van der Waals surface area contributed by atoms with Crippen LogP contribution in [0.5, 0.6) is 0 Å². The third-order valence-electron chi connectivity index (χ3n) is 1.42. The van der Waals surface area contributed by atoms with Crippen molar-refractivity contribution in [2.75, 3.05) is 6.61 Å². The lowest BCUT2D eigenvalue weighted by molar-refractivity contribution is -0.128. The third-order valence-corrected chi connectivity index (χ3v) is 1.42. The monoisotopic (exact) mass is 210 g/mol. The van der Waals surface area contributed by atoms with Crippen LogP contribution in [0.15, 0.2) is 4.52 Å². The fourth-order valence-electron chi connectivity index (χ4n) is 0.873. The van der Waals surface area contributed by atoms with E-state index in [4.69, 9.17) is 5.11 Å². The Morgan fingerprint density at radius 2 is 2.07 bits per heavy atom. The fourth-order valence-corrected chi connectivity index (χ4v) is 0.873. The summed E-state index contributed by atoms with van der Waals surface area (Å²) in [5.41, 5.74) is 0. The van der Waals surface area contributed by atoms with Crippen molar-refractivity contribution in [3.8, 4) is 0 Å². The summed E-state index contributed by atoms with van der Waals surface area (Å²) in [4.78, 5) is 3.52. The SMILES string of the molecule is OCCCc1nc(CC(F)(F)F)no1. The molecule has 0 unspecified atom stereocenters. The summed E-state index contributed by atoms with van der Waals surface area (Å²) in [5, 5.41) is 11.6. The Morgan fingerprint density at radius 1 is 1.36 bits per heavy atom. The number of hydrogen-bond acceptors (Lipinski definition) is 4. The molecule has 0 radical (unpaired) electrons. The largest absolute Gasteiger partial charge is 0.396 e. The summed E-state index contributed by atoms with van der Waals surface area (Å²) in [6.07, 6.45) is -4.82. The first-order chi connectivity index (χ1) is 6.51. The highest BCUT2D eigenvalue weighted by Gasteiger charge is 2.30. The van der Waals surface area contributed by atoms with Crippen LogP contribution < -0.4 is 0 Å². The second-order valence-electron chi connectivity index (χ2n) is 2.72. The van der Waals surface area contributed by atoms with Crippen molar-refractivity contribution >= 4 is 0 Å². The molecule has 0 bridgehead atoms. The molecular weight excluding hydrogens is 201 g/mol. The number of hydrogen-bond donors (Lipinski definition) is 1. The molecule has 0 spiro atoms. The molecule has 0 aliphatic rings. The van der Waals surface area contributed by atoms with Crippen LogP contribution in [-0.4, -0.2) is 28.0 Å². The Balaban J connectivity index is 2.51. The van der Waals surface area contributed by atoms with Gasteiger partial charge in [0.15, 0.2) is 5.82 Å². The maximum atomic E-state index is 11.8. The van der Waals surface area contributed by atoms with Gasteiger partial charge < -0.3 is 9.63 Å². The molecule has 0 saturated carbocycles. The highest BCUT2D eigenvalue weighted by Crippen LogP contribution is 2.19. The summed E-state index contributed by atoms with van der Waals surface area (Å²) in [7, 11) is 0. The lowest BCUT2D eigenvalue weighted by Crippen LogP contribution is -2.12. The maximum absolute atomic E-state index is 11.8. The molecule has 1 aromatic heterocycles. The van der Waals surface area contributed by atoms with Crippen molar-refractivity contribution in [2.45, 2.75) is 25.4 Å². The van der Waals surface area contributed by atoms with E-state index in [1.54, 1.807) is 0 Å². The van der Waals surface area contributed by atoms with E-state index in [0.29, 0.717) is 12.8 Å². The Kier molecular flexibility index (Phi) is 3.45. The normalized spacial score (nSPS) is 12.0. The maximum Gasteiger partial charge on any atom is 0.396 e. The zero-order chi connectivity index (χ0) is 10.6. The number of aryl methyl sites for hydroxylation is 1. The fraction of sp³-hybridized carbons (Fsp3) is 0.714. The smallest absolute Gasteiger partial charge is 0.396 e. The topological polar surface area (TPSA) is 59.2 Å². The van der Waals surface area contributed by atoms with Gasteiger partial charge in [0, 0.05) is 13.0 Å². The minimum Gasteiger partial charge on any atom is -0.396 e. The van der Waals surface area contributed by atoms with Gasteiger partial charge in [-0.1, -0.05) is 5.16 Å². The number of rotatable bonds is 4. The predicted octanol–water partition coefficient (Wildman–Crippen LogP) is 1.10. The van der Waals surface area contributed by atoms with Crippen LogP contribution in [0.4, 0.5) is 13.2 Å². The number of alkyl halides is 3. The van der Waals surface area contributed by atoms with Gasteiger partial charge in [-0.3, -0.25) is 0 Å². The predicted molar refractivity (Wildman–Crippen MR) is 39.5 cm³/mol. The van der Waals surface area contributed by atoms with Crippen LogP contribution in [0.2, 0.25) is 0 Å². The van der Waals surface area contributed by atoms with Gasteiger partial charge in [-0.05, 0) is 6.42 Å². The number of aliphatic hydroxyl groups is 1. The summed E-state index contributed by atoms with van der Waals surface area (Å²) in [6, 6.07) is 0. The molecule has 4 nitrogen and oxygen atoms in total. The minimum absolute atomic E-state index is 0.0585. The second kappa shape index (κ2) is 4.41. The van der Waals surface area contributed by atoms with E-state index < -0.39 is 12.6 Å². The molecule has 0 aliphatic carbocycles. The summed E-state index contributed by atoms with van der Waals surface area (Å²) >= 11 is 0. The first-order valence-electron chi connectivity index (χ1n) is 4.00. The highest BCUT2D eigenvalue weighted by atomic mass is 19.4. The van der Waals surface area contributed by atoms with Crippen LogP contribution in [0.1, 0.15) is 18.1 Å². The van der Waals surface area contributed by atoms with E-state index in [2.05, 4.69) is 14.7 Å². The quantitative estimate of drug-likeness (QED) is 0.808. The molecule has 1 N–H and O–H groups in total. The zero-order valence-electron chi connectivity index (χ0n) is 7.21. The Hall–Kier alpha value is -1.11. The average Bonchev–Trinajstić information content (AvgIpc) is 2.46. The van der Waals surface area contributed by atoms with Crippen molar-refractivity contribution in [2.24, 2.45) is 0 Å². The molecule has 0 saturated heterocycles. The van der Waals surface area contributed by atoms with Gasteiger partial charge in [-0.15, -0.1) is 0 Å². The highest BCUT2D eigenvalue weighted by molar-refractivity contribution is 4.88. The number of nitrogens with zero attached hydrogens (tertiary/aromatic N) is 2. The average molecular weight is 210 g/mol. The molecule has 1 rings (SSSR count). The first-order valence-corrected chi connectivity index (χ1v) is 4.00. The molecule has 0 aromatic carbocycles. The van der Waals surface area contributed by atoms with Crippen molar-refractivity contribution in [3.05, 3.63) is 11.7 Å². The van der Waals surface area contributed by atoms with Gasteiger partial charge in [-0.2, -0.15) is 18.2 Å². The molecule has 1 aromatic rings. The van der Waals surface area contributed by atoms with E-state index in [9.17, 15) is 13.2 Å². The second-order valence-corrected chi connectivity index (χ2v) is 2.72. The van der Waals surface area contributed by atoms with E-state index >= 15 is 0 Å². The van der Waals surface area contributed by atoms with Crippen molar-refractivity contribution < 1.29 is 22.8 Å². The molecule has 80 valence electrons. The molecule has 1 heterocycles. The molecule has 14 heavy (non-hydrogen) atoms. The van der Waals surface area contributed by atoms with Crippen LogP contribution >= 0.6 is 0 Å². The zero-order valence-corrected chi connectivity index (χ0v) is 7.21. The number of aliphatic hydroxyl groups excluding tert-OH is 1. The van der Waals surface area contributed by atoms with Gasteiger partial charge >= 0.3 is 6.18 Å². The van der Waals surface area contributed by atoms with Crippen molar-refractivity contribution in [1.29, 1.82) is 0 Å². The van der Waals surface area contributed by atoms with Gasteiger partial charge in [-0.25, -0.2) is 0 Å². The standard InChI is InChI=1S/C7H9F3N2O2/c8-7(9,10)4-5-11-6(14-12-5)2-1-3-13/h13H,1-4H2. The van der Waals surface area contributed by atoms with Crippen LogP contribution in [0.3, 0.4) is 0 Å².